The number of ether oxygens (including phenoxy) is 2. The van der Waals surface area contributed by atoms with Gasteiger partial charge in [0.25, 0.3) is 0 Å². The summed E-state index contributed by atoms with van der Waals surface area (Å²) in [5.74, 6) is -1.95. The molecular formula is C18H20O5. The summed E-state index contributed by atoms with van der Waals surface area (Å²) in [5.41, 5.74) is -0.127. The third-order valence-electron chi connectivity index (χ3n) is 4.40. The molecule has 1 aliphatic rings. The van der Waals surface area contributed by atoms with E-state index >= 15 is 0 Å². The Labute approximate surface area is 135 Å². The standard InChI is InChI=1S/C18H20O5/c1-4-12-10-18(16(20)22-2,17(21)23-3)11-14(12)15(19)13-8-6-5-7-9-13/h4-9,14H,10-11H2,1-3H3/b12-4+/t14-/m0/s1. The van der Waals surface area contributed by atoms with Crippen LogP contribution in [0.25, 0.3) is 0 Å². The van der Waals surface area contributed by atoms with Crippen LogP contribution in [0.15, 0.2) is 42.0 Å². The predicted molar refractivity (Wildman–Crippen MR) is 83.7 cm³/mol. The monoisotopic (exact) mass is 316 g/mol. The summed E-state index contributed by atoms with van der Waals surface area (Å²) in [6, 6.07) is 8.85. The molecule has 1 fully saturated rings. The molecule has 0 radical (unpaired) electrons. The Kier molecular flexibility index (Phi) is 4.98. The van der Waals surface area contributed by atoms with Crippen LogP contribution in [0.4, 0.5) is 0 Å². The Balaban J connectivity index is 2.41. The van der Waals surface area contributed by atoms with Gasteiger partial charge in [-0.05, 0) is 19.8 Å². The molecule has 1 aliphatic carbocycles. The Hall–Kier alpha value is -2.43. The van der Waals surface area contributed by atoms with Gasteiger partial charge in [-0.2, -0.15) is 0 Å². The largest absolute Gasteiger partial charge is 0.468 e. The van der Waals surface area contributed by atoms with Crippen LogP contribution in [-0.4, -0.2) is 31.9 Å². The van der Waals surface area contributed by atoms with E-state index in [9.17, 15) is 14.4 Å². The fourth-order valence-corrected chi connectivity index (χ4v) is 3.18. The fraction of sp³-hybridized carbons (Fsp3) is 0.389. The van der Waals surface area contributed by atoms with Gasteiger partial charge in [0.15, 0.2) is 11.2 Å². The Morgan fingerprint density at radius 1 is 1.09 bits per heavy atom. The molecular weight excluding hydrogens is 296 g/mol. The van der Waals surface area contributed by atoms with Gasteiger partial charge < -0.3 is 9.47 Å². The lowest BCUT2D eigenvalue weighted by Gasteiger charge is -2.22. The zero-order valence-corrected chi connectivity index (χ0v) is 13.5. The van der Waals surface area contributed by atoms with Gasteiger partial charge in [0.2, 0.25) is 0 Å². The molecule has 0 bridgehead atoms. The number of methoxy groups -OCH3 is 2. The molecule has 5 nitrogen and oxygen atoms in total. The SMILES string of the molecule is C/C=C1\CC(C(=O)OC)(C(=O)OC)C[C@@H]1C(=O)c1ccccc1. The number of carbonyl (C=O) groups is 3. The number of allylic oxidation sites excluding steroid dienone is 2. The van der Waals surface area contributed by atoms with Crippen LogP contribution in [0.1, 0.15) is 30.1 Å². The fourth-order valence-electron chi connectivity index (χ4n) is 3.18. The van der Waals surface area contributed by atoms with Crippen molar-refractivity contribution in [3.8, 4) is 0 Å². The summed E-state index contributed by atoms with van der Waals surface area (Å²) in [6.45, 7) is 1.80. The van der Waals surface area contributed by atoms with Crippen molar-refractivity contribution in [1.82, 2.24) is 0 Å². The first-order chi connectivity index (χ1) is 11.0. The normalized spacial score (nSPS) is 21.0. The molecule has 0 spiro atoms. The van der Waals surface area contributed by atoms with Crippen molar-refractivity contribution in [3.63, 3.8) is 0 Å². The van der Waals surface area contributed by atoms with E-state index in [2.05, 4.69) is 0 Å². The molecule has 0 aromatic heterocycles. The molecule has 2 rings (SSSR count). The number of carbonyl (C=O) groups excluding carboxylic acids is 3. The van der Waals surface area contributed by atoms with Crippen LogP contribution in [0.2, 0.25) is 0 Å². The Morgan fingerprint density at radius 3 is 2.13 bits per heavy atom. The van der Waals surface area contributed by atoms with E-state index in [0.29, 0.717) is 5.56 Å². The number of hydrogen-bond donors (Lipinski definition) is 0. The molecule has 1 saturated carbocycles. The molecule has 1 atom stereocenters. The molecule has 0 saturated heterocycles. The van der Waals surface area contributed by atoms with E-state index in [1.165, 1.54) is 14.2 Å². The minimum atomic E-state index is -1.44. The van der Waals surface area contributed by atoms with Crippen molar-refractivity contribution in [2.24, 2.45) is 11.3 Å². The highest BCUT2D eigenvalue weighted by Gasteiger charge is 2.56. The van der Waals surface area contributed by atoms with Crippen LogP contribution in [0.3, 0.4) is 0 Å². The maximum atomic E-state index is 12.8. The molecule has 5 heteroatoms. The molecule has 1 aromatic rings. The minimum Gasteiger partial charge on any atom is -0.468 e. The van der Waals surface area contributed by atoms with Gasteiger partial charge >= 0.3 is 11.9 Å². The number of Topliss-reactive ketones (excluding diaryl/α,β-unsaturated/α-hetero) is 1. The van der Waals surface area contributed by atoms with Crippen LogP contribution < -0.4 is 0 Å². The third kappa shape index (κ3) is 2.91. The lowest BCUT2D eigenvalue weighted by molar-refractivity contribution is -0.168. The lowest BCUT2D eigenvalue weighted by Crippen LogP contribution is -2.39. The second-order valence-electron chi connectivity index (χ2n) is 5.59. The first-order valence-electron chi connectivity index (χ1n) is 7.41. The highest BCUT2D eigenvalue weighted by Crippen LogP contribution is 2.48. The van der Waals surface area contributed by atoms with Crippen LogP contribution >= 0.6 is 0 Å². The molecule has 0 amide bonds. The number of hydrogen-bond acceptors (Lipinski definition) is 5. The van der Waals surface area contributed by atoms with Gasteiger partial charge in [0.05, 0.1) is 14.2 Å². The molecule has 0 heterocycles. The zero-order valence-electron chi connectivity index (χ0n) is 13.5. The third-order valence-corrected chi connectivity index (χ3v) is 4.40. The summed E-state index contributed by atoms with van der Waals surface area (Å²) in [7, 11) is 2.46. The van der Waals surface area contributed by atoms with E-state index < -0.39 is 23.3 Å². The summed E-state index contributed by atoms with van der Waals surface area (Å²) < 4.78 is 9.62. The van der Waals surface area contributed by atoms with E-state index in [0.717, 1.165) is 5.57 Å². The molecule has 122 valence electrons. The van der Waals surface area contributed by atoms with Gasteiger partial charge in [-0.25, -0.2) is 0 Å². The maximum absolute atomic E-state index is 12.8. The van der Waals surface area contributed by atoms with Crippen molar-refractivity contribution >= 4 is 17.7 Å². The molecule has 23 heavy (non-hydrogen) atoms. The highest BCUT2D eigenvalue weighted by molar-refractivity contribution is 6.05. The summed E-state index contributed by atoms with van der Waals surface area (Å²) in [5, 5.41) is 0. The maximum Gasteiger partial charge on any atom is 0.323 e. The summed E-state index contributed by atoms with van der Waals surface area (Å²) >= 11 is 0. The van der Waals surface area contributed by atoms with Crippen molar-refractivity contribution in [2.75, 3.05) is 14.2 Å². The van der Waals surface area contributed by atoms with Gasteiger partial charge in [0, 0.05) is 11.5 Å². The second kappa shape index (κ2) is 6.77. The second-order valence-corrected chi connectivity index (χ2v) is 5.59. The highest BCUT2D eigenvalue weighted by atomic mass is 16.5. The number of ketones is 1. The first-order valence-corrected chi connectivity index (χ1v) is 7.41. The molecule has 0 unspecified atom stereocenters. The zero-order chi connectivity index (χ0) is 17.0. The van der Waals surface area contributed by atoms with Gasteiger partial charge in [0.1, 0.15) is 0 Å². The van der Waals surface area contributed by atoms with Crippen molar-refractivity contribution in [2.45, 2.75) is 19.8 Å². The van der Waals surface area contributed by atoms with E-state index in [-0.39, 0.29) is 18.6 Å². The van der Waals surface area contributed by atoms with Gasteiger partial charge in [-0.1, -0.05) is 42.0 Å². The van der Waals surface area contributed by atoms with Crippen LogP contribution in [-0.2, 0) is 19.1 Å². The molecule has 1 aromatic carbocycles. The van der Waals surface area contributed by atoms with E-state index in [1.54, 1.807) is 37.3 Å². The average Bonchev–Trinajstić information content (AvgIpc) is 3.01. The minimum absolute atomic E-state index is 0.0692. The lowest BCUT2D eigenvalue weighted by atomic mass is 9.84. The van der Waals surface area contributed by atoms with Gasteiger partial charge in [-0.15, -0.1) is 0 Å². The average molecular weight is 316 g/mol. The van der Waals surface area contributed by atoms with E-state index in [1.807, 2.05) is 6.07 Å². The van der Waals surface area contributed by atoms with Crippen LogP contribution in [0.5, 0.6) is 0 Å². The topological polar surface area (TPSA) is 69.7 Å². The summed E-state index contributed by atoms with van der Waals surface area (Å²) in [4.78, 5) is 37.3. The Morgan fingerprint density at radius 2 is 1.65 bits per heavy atom. The smallest absolute Gasteiger partial charge is 0.323 e. The van der Waals surface area contributed by atoms with Crippen LogP contribution in [0, 0.1) is 11.3 Å². The quantitative estimate of drug-likeness (QED) is 0.369. The molecule has 0 aliphatic heterocycles. The van der Waals surface area contributed by atoms with Gasteiger partial charge in [-0.3, -0.25) is 14.4 Å². The predicted octanol–water partition coefficient (Wildman–Crippen LogP) is 2.56. The number of benzene rings is 1. The Bertz CT molecular complexity index is 629. The summed E-state index contributed by atoms with van der Waals surface area (Å²) in [6.07, 6.45) is 2.00. The number of rotatable bonds is 4. The number of esters is 2. The van der Waals surface area contributed by atoms with Crippen molar-refractivity contribution in [1.29, 1.82) is 0 Å². The first kappa shape index (κ1) is 16.9. The molecule has 0 N–H and O–H groups in total. The van der Waals surface area contributed by atoms with Crippen molar-refractivity contribution in [3.05, 3.63) is 47.5 Å². The van der Waals surface area contributed by atoms with E-state index in [4.69, 9.17) is 9.47 Å². The van der Waals surface area contributed by atoms with Crippen molar-refractivity contribution < 1.29 is 23.9 Å².